The number of aromatic amines is 1. The minimum atomic E-state index is -0.363. The number of benzene rings is 1. The van der Waals surface area contributed by atoms with Crippen LogP contribution in [0.3, 0.4) is 0 Å². The van der Waals surface area contributed by atoms with Gasteiger partial charge in [-0.2, -0.15) is 0 Å². The summed E-state index contributed by atoms with van der Waals surface area (Å²) in [7, 11) is 0. The molecule has 124 valence electrons. The molecule has 1 aromatic heterocycles. The molecular formula is C17H22N2O3S. The van der Waals surface area contributed by atoms with Crippen molar-refractivity contribution in [1.82, 2.24) is 9.97 Å². The number of imidazole rings is 1. The zero-order valence-electron chi connectivity index (χ0n) is 13.5. The molecule has 0 radical (unpaired) electrons. The van der Waals surface area contributed by atoms with Crippen LogP contribution in [-0.2, 0) is 4.74 Å². The number of nitrogens with zero attached hydrogens (tertiary/aromatic N) is 1. The summed E-state index contributed by atoms with van der Waals surface area (Å²) in [5.74, 6) is 1.51. The second-order valence-electron chi connectivity index (χ2n) is 4.99. The van der Waals surface area contributed by atoms with Gasteiger partial charge in [0.15, 0.2) is 5.16 Å². The summed E-state index contributed by atoms with van der Waals surface area (Å²) in [5, 5.41) is 0.743. The van der Waals surface area contributed by atoms with Crippen LogP contribution in [0.5, 0.6) is 5.75 Å². The minimum Gasteiger partial charge on any atom is -0.493 e. The van der Waals surface area contributed by atoms with Crippen molar-refractivity contribution in [3.63, 3.8) is 0 Å². The number of para-hydroxylation sites is 1. The molecule has 1 heterocycles. The van der Waals surface area contributed by atoms with E-state index in [0.717, 1.165) is 35.1 Å². The number of nitrogens with one attached hydrogen (secondary N) is 1. The van der Waals surface area contributed by atoms with Crippen molar-refractivity contribution in [3.8, 4) is 5.75 Å². The van der Waals surface area contributed by atoms with Crippen molar-refractivity contribution in [2.75, 3.05) is 19.0 Å². The SMILES string of the molecule is CCOC(=O)c1cnc(SCCCCOc2ccccc2C)[nH]1. The van der Waals surface area contributed by atoms with Gasteiger partial charge in [-0.25, -0.2) is 9.78 Å². The smallest absolute Gasteiger partial charge is 0.356 e. The molecule has 0 spiro atoms. The molecule has 5 nitrogen and oxygen atoms in total. The maximum Gasteiger partial charge on any atom is 0.356 e. The topological polar surface area (TPSA) is 64.2 Å². The highest BCUT2D eigenvalue weighted by Crippen LogP contribution is 2.18. The molecule has 23 heavy (non-hydrogen) atoms. The lowest BCUT2D eigenvalue weighted by molar-refractivity contribution is 0.0519. The summed E-state index contributed by atoms with van der Waals surface area (Å²) in [5.41, 5.74) is 1.56. The van der Waals surface area contributed by atoms with Crippen LogP contribution < -0.4 is 4.74 Å². The molecular weight excluding hydrogens is 312 g/mol. The number of hydrogen-bond donors (Lipinski definition) is 1. The first kappa shape index (κ1) is 17.4. The van der Waals surface area contributed by atoms with E-state index < -0.39 is 0 Å². The fourth-order valence-electron chi connectivity index (χ4n) is 1.96. The molecule has 0 fully saturated rings. The lowest BCUT2D eigenvalue weighted by Crippen LogP contribution is -2.04. The third kappa shape index (κ3) is 5.63. The number of esters is 1. The van der Waals surface area contributed by atoms with Crippen LogP contribution in [0.2, 0.25) is 0 Å². The van der Waals surface area contributed by atoms with Gasteiger partial charge in [-0.1, -0.05) is 30.0 Å². The first-order chi connectivity index (χ1) is 11.2. The number of unbranched alkanes of at least 4 members (excludes halogenated alkanes) is 1. The average Bonchev–Trinajstić information content (AvgIpc) is 3.01. The van der Waals surface area contributed by atoms with Gasteiger partial charge in [0.1, 0.15) is 11.4 Å². The van der Waals surface area contributed by atoms with Crippen molar-refractivity contribution in [2.24, 2.45) is 0 Å². The summed E-state index contributed by atoms with van der Waals surface area (Å²) in [4.78, 5) is 18.7. The number of hydrogen-bond acceptors (Lipinski definition) is 5. The van der Waals surface area contributed by atoms with E-state index in [0.29, 0.717) is 18.9 Å². The van der Waals surface area contributed by atoms with E-state index in [1.807, 2.05) is 31.2 Å². The van der Waals surface area contributed by atoms with E-state index in [1.165, 1.54) is 6.20 Å². The number of rotatable bonds is 9. The summed E-state index contributed by atoms with van der Waals surface area (Å²) in [6.45, 7) is 4.89. The predicted octanol–water partition coefficient (Wildman–Crippen LogP) is 3.85. The Labute approximate surface area is 140 Å². The Hall–Kier alpha value is -1.95. The third-order valence-corrected chi connectivity index (χ3v) is 4.15. The van der Waals surface area contributed by atoms with E-state index in [-0.39, 0.29) is 5.97 Å². The van der Waals surface area contributed by atoms with E-state index >= 15 is 0 Å². The summed E-state index contributed by atoms with van der Waals surface area (Å²) >= 11 is 1.60. The van der Waals surface area contributed by atoms with Crippen molar-refractivity contribution < 1.29 is 14.3 Å². The Kier molecular flexibility index (Phi) is 7.00. The molecule has 0 saturated carbocycles. The Morgan fingerprint density at radius 3 is 2.91 bits per heavy atom. The van der Waals surface area contributed by atoms with E-state index in [9.17, 15) is 4.79 Å². The molecule has 0 aliphatic carbocycles. The molecule has 0 unspecified atom stereocenters. The monoisotopic (exact) mass is 334 g/mol. The van der Waals surface area contributed by atoms with Crippen LogP contribution in [0.1, 0.15) is 35.8 Å². The summed E-state index contributed by atoms with van der Waals surface area (Å²) in [6.07, 6.45) is 3.51. The molecule has 0 aliphatic rings. The Bertz CT molecular complexity index is 628. The van der Waals surface area contributed by atoms with E-state index in [2.05, 4.69) is 9.97 Å². The quantitative estimate of drug-likeness (QED) is 0.429. The van der Waals surface area contributed by atoms with Gasteiger partial charge >= 0.3 is 5.97 Å². The Balaban J connectivity index is 1.62. The van der Waals surface area contributed by atoms with E-state index in [4.69, 9.17) is 9.47 Å². The number of H-pyrrole nitrogens is 1. The lowest BCUT2D eigenvalue weighted by Gasteiger charge is -2.08. The van der Waals surface area contributed by atoms with Gasteiger partial charge < -0.3 is 14.5 Å². The van der Waals surface area contributed by atoms with Crippen LogP contribution in [0.15, 0.2) is 35.6 Å². The lowest BCUT2D eigenvalue weighted by atomic mass is 10.2. The molecule has 6 heteroatoms. The molecule has 1 N–H and O–H groups in total. The second kappa shape index (κ2) is 9.25. The van der Waals surface area contributed by atoms with E-state index in [1.54, 1.807) is 18.7 Å². The van der Waals surface area contributed by atoms with Crippen LogP contribution in [0.4, 0.5) is 0 Å². The van der Waals surface area contributed by atoms with Crippen LogP contribution >= 0.6 is 11.8 Å². The summed E-state index contributed by atoms with van der Waals surface area (Å²) < 4.78 is 10.7. The van der Waals surface area contributed by atoms with Gasteiger partial charge in [-0.05, 0) is 38.3 Å². The molecule has 1 aromatic carbocycles. The maximum absolute atomic E-state index is 11.5. The maximum atomic E-state index is 11.5. The van der Waals surface area contributed by atoms with Gasteiger partial charge in [0, 0.05) is 5.75 Å². The van der Waals surface area contributed by atoms with Crippen molar-refractivity contribution in [2.45, 2.75) is 31.8 Å². The van der Waals surface area contributed by atoms with Crippen molar-refractivity contribution in [3.05, 3.63) is 41.7 Å². The predicted molar refractivity (Wildman–Crippen MR) is 91.2 cm³/mol. The number of ether oxygens (including phenoxy) is 2. The largest absolute Gasteiger partial charge is 0.493 e. The van der Waals surface area contributed by atoms with Gasteiger partial charge in [0.25, 0.3) is 0 Å². The summed E-state index contributed by atoms with van der Waals surface area (Å²) in [6, 6.07) is 8.02. The van der Waals surface area contributed by atoms with Gasteiger partial charge in [0.2, 0.25) is 0 Å². The number of aromatic nitrogens is 2. The van der Waals surface area contributed by atoms with Gasteiger partial charge in [-0.3, -0.25) is 0 Å². The van der Waals surface area contributed by atoms with Gasteiger partial charge in [0.05, 0.1) is 19.4 Å². The van der Waals surface area contributed by atoms with Crippen LogP contribution in [-0.4, -0.2) is 34.9 Å². The molecule has 2 aromatic rings. The fraction of sp³-hybridized carbons (Fsp3) is 0.412. The standard InChI is InChI=1S/C17H22N2O3S/c1-3-21-16(20)14-12-18-17(19-14)23-11-7-6-10-22-15-9-5-4-8-13(15)2/h4-5,8-9,12H,3,6-7,10-11H2,1-2H3,(H,18,19). The molecule has 0 atom stereocenters. The Morgan fingerprint density at radius 2 is 2.13 bits per heavy atom. The first-order valence-corrected chi connectivity index (χ1v) is 8.72. The number of aryl methyl sites for hydroxylation is 1. The fourth-order valence-corrected chi connectivity index (χ4v) is 2.81. The first-order valence-electron chi connectivity index (χ1n) is 7.74. The molecule has 0 aliphatic heterocycles. The second-order valence-corrected chi connectivity index (χ2v) is 6.08. The van der Waals surface area contributed by atoms with Crippen LogP contribution in [0, 0.1) is 6.92 Å². The average molecular weight is 334 g/mol. The third-order valence-electron chi connectivity index (χ3n) is 3.18. The molecule has 2 rings (SSSR count). The zero-order valence-corrected chi connectivity index (χ0v) is 14.3. The zero-order chi connectivity index (χ0) is 16.5. The number of thioether (sulfide) groups is 1. The molecule has 0 bridgehead atoms. The normalized spacial score (nSPS) is 10.5. The van der Waals surface area contributed by atoms with Crippen LogP contribution in [0.25, 0.3) is 0 Å². The minimum absolute atomic E-state index is 0.362. The Morgan fingerprint density at radius 1 is 1.30 bits per heavy atom. The highest BCUT2D eigenvalue weighted by atomic mass is 32.2. The number of carbonyl (C=O) groups is 1. The highest BCUT2D eigenvalue weighted by molar-refractivity contribution is 7.99. The molecule has 0 saturated heterocycles. The van der Waals surface area contributed by atoms with Crippen molar-refractivity contribution in [1.29, 1.82) is 0 Å². The highest BCUT2D eigenvalue weighted by Gasteiger charge is 2.10. The van der Waals surface area contributed by atoms with Crippen molar-refractivity contribution >= 4 is 17.7 Å². The van der Waals surface area contributed by atoms with Gasteiger partial charge in [-0.15, -0.1) is 0 Å². The number of carbonyl (C=O) groups excluding carboxylic acids is 1. The molecule has 0 amide bonds.